The van der Waals surface area contributed by atoms with Crippen LogP contribution >= 0.6 is 0 Å². The van der Waals surface area contributed by atoms with Gasteiger partial charge in [-0.3, -0.25) is 0 Å². The Morgan fingerprint density at radius 2 is 0.364 bits per heavy atom. The molecule has 0 bridgehead atoms. The molecule has 26 aromatic rings. The van der Waals surface area contributed by atoms with Crippen LogP contribution in [0.4, 0.5) is 8.78 Å². The Morgan fingerprint density at radius 3 is 0.566 bits per heavy atom. The standard InChI is InChI=1S/C69H44N6.C43H24F2N4.C4H8O/c1-42-35-37-63-52(39-42)50-25-9-17-33-61(50)74(63)67-65(71-55-27-11-3-19-44(55)45-20-4-12-28-56(45)71)54(41-70)66(72-57-29-13-5-21-46(57)47-22-6-14-30-58(47)72)68(75-62-34-18-10-26-51(62)53-40-43(2)36-38-64(53)75)69(67)73-59-31-15-7-23-48(59)49-24-8-16-32-60(49)73;44-39-41(47-33-19-7-1-13-26(33)27-14-2-8-20-34(27)47)32(25-46)42(48-35-21-9-3-15-28(35)29-16-4-10-22-36(29)48)40(45)43(39)49-37-23-11-5-17-30(37)31-18-6-12-24-38(31)49;1-2-4-5-3-1/h3-40H,1-2H3;1-24H;1-4H2. The summed E-state index contributed by atoms with van der Waals surface area (Å²) in [6.45, 7) is 6.35. The molecule has 1 aliphatic rings. The third-order valence-electron chi connectivity index (χ3n) is 26.7. The molecule has 0 saturated carbocycles. The molecule has 13 heteroatoms. The topological polar surface area (TPSA) is 96.2 Å². The minimum absolute atomic E-state index is 0.00461. The Morgan fingerprint density at radius 1 is 0.202 bits per heavy atom. The highest BCUT2D eigenvalue weighted by atomic mass is 19.1. The van der Waals surface area contributed by atoms with Crippen LogP contribution in [-0.2, 0) is 4.74 Å². The zero-order chi connectivity index (χ0) is 86.0. The van der Waals surface area contributed by atoms with Gasteiger partial charge in [-0.15, -0.1) is 0 Å². The molecule has 129 heavy (non-hydrogen) atoms. The fourth-order valence-electron chi connectivity index (χ4n) is 21.4. The van der Waals surface area contributed by atoms with E-state index in [-0.39, 0.29) is 22.6 Å². The number of rotatable bonds is 8. The Kier molecular flexibility index (Phi) is 17.0. The van der Waals surface area contributed by atoms with Gasteiger partial charge in [0.15, 0.2) is 11.6 Å². The zero-order valence-electron chi connectivity index (χ0n) is 70.3. The number of halogens is 2. The Hall–Kier alpha value is -16.8. The van der Waals surface area contributed by atoms with Crippen molar-refractivity contribution in [3.05, 3.63) is 410 Å². The van der Waals surface area contributed by atoms with Crippen molar-refractivity contribution in [2.75, 3.05) is 13.2 Å². The maximum atomic E-state index is 18.0. The lowest BCUT2D eigenvalue weighted by Gasteiger charge is -2.30. The van der Waals surface area contributed by atoms with Gasteiger partial charge in [0.05, 0.1) is 117 Å². The number of aromatic nitrogens is 8. The van der Waals surface area contributed by atoms with Crippen molar-refractivity contribution in [1.29, 1.82) is 10.5 Å². The SMILES string of the molecule is C1CCOC1.Cc1ccc2c(c1)c1ccccc1n2-c1c(-n2c3ccccc3c3ccccc32)c(C#N)c(-n2c3ccccc3c3ccccc32)c(-n2c3ccccc3c3cc(C)ccc32)c1-n1c2ccccc2c2ccccc21.N#Cc1c(-n2c3ccccc3c3ccccc32)c(F)c(-n2c3ccccc3c3ccccc32)c(F)c1-n1c2ccccc2c2ccccc21. The minimum Gasteiger partial charge on any atom is -0.381 e. The van der Waals surface area contributed by atoms with Crippen LogP contribution in [0.3, 0.4) is 0 Å². The minimum atomic E-state index is -0.823. The van der Waals surface area contributed by atoms with Crippen LogP contribution in [0.1, 0.15) is 35.1 Å². The Balaban J connectivity index is 0.000000143. The molecule has 0 aliphatic carbocycles. The lowest BCUT2D eigenvalue weighted by atomic mass is 10.0. The molecule has 27 rings (SSSR count). The van der Waals surface area contributed by atoms with E-state index in [2.05, 4.69) is 279 Å². The molecule has 11 nitrogen and oxygen atoms in total. The Labute approximate surface area is 737 Å². The van der Waals surface area contributed by atoms with E-state index in [4.69, 9.17) is 4.74 Å². The average Bonchev–Trinajstić information content (AvgIpc) is 1.54. The van der Waals surface area contributed by atoms with Crippen molar-refractivity contribution < 1.29 is 13.5 Å². The molecule has 0 N–H and O–H groups in total. The smallest absolute Gasteiger partial charge is 0.175 e. The molecule has 0 amide bonds. The monoisotopic (exact) mass is 1660 g/mol. The van der Waals surface area contributed by atoms with Crippen LogP contribution in [0.15, 0.2) is 376 Å². The van der Waals surface area contributed by atoms with Crippen LogP contribution in [-0.4, -0.2) is 49.8 Å². The molecular formula is C116H76F2N10O. The van der Waals surface area contributed by atoms with Gasteiger partial charge >= 0.3 is 0 Å². The largest absolute Gasteiger partial charge is 0.381 e. The molecule has 1 fully saturated rings. The molecule has 8 aromatic heterocycles. The third kappa shape index (κ3) is 10.9. The summed E-state index contributed by atoms with van der Waals surface area (Å²) in [4.78, 5) is 0. The van der Waals surface area contributed by atoms with Crippen molar-refractivity contribution in [3.63, 3.8) is 0 Å². The second-order valence-electron chi connectivity index (χ2n) is 33.7. The maximum Gasteiger partial charge on any atom is 0.175 e. The number of nitriles is 2. The summed E-state index contributed by atoms with van der Waals surface area (Å²) in [5, 5.41) is 40.7. The molecule has 9 heterocycles. The van der Waals surface area contributed by atoms with Gasteiger partial charge in [-0.25, -0.2) is 8.78 Å². The van der Waals surface area contributed by atoms with Gasteiger partial charge in [0.1, 0.15) is 40.3 Å². The lowest BCUT2D eigenvalue weighted by molar-refractivity contribution is 0.198. The van der Waals surface area contributed by atoms with Gasteiger partial charge in [0.2, 0.25) is 0 Å². The number of benzene rings is 18. The molecule has 0 unspecified atom stereocenters. The third-order valence-corrected chi connectivity index (χ3v) is 26.7. The molecule has 18 aromatic carbocycles. The van der Waals surface area contributed by atoms with E-state index in [1.165, 1.54) is 24.0 Å². The van der Waals surface area contributed by atoms with E-state index in [1.54, 1.807) is 13.7 Å². The highest BCUT2D eigenvalue weighted by Crippen LogP contribution is 2.53. The number of ether oxygens (including phenoxy) is 1. The molecule has 610 valence electrons. The second kappa shape index (κ2) is 29.4. The molecule has 0 atom stereocenters. The number of fused-ring (bicyclic) bond motifs is 24. The van der Waals surface area contributed by atoms with Crippen LogP contribution in [0.2, 0.25) is 0 Å². The zero-order valence-corrected chi connectivity index (χ0v) is 70.3. The Bertz CT molecular complexity index is 8630. The van der Waals surface area contributed by atoms with Crippen molar-refractivity contribution in [1.82, 2.24) is 36.5 Å². The number of hydrogen-bond acceptors (Lipinski definition) is 3. The van der Waals surface area contributed by atoms with Crippen molar-refractivity contribution in [2.45, 2.75) is 26.7 Å². The molecule has 0 spiro atoms. The number of nitrogens with zero attached hydrogens (tertiary/aromatic N) is 10. The van der Waals surface area contributed by atoms with Crippen LogP contribution in [0.5, 0.6) is 0 Å². The van der Waals surface area contributed by atoms with E-state index in [9.17, 15) is 10.5 Å². The first kappa shape index (κ1) is 74.8. The summed E-state index contributed by atoms with van der Waals surface area (Å²) in [7, 11) is 0. The van der Waals surface area contributed by atoms with Gasteiger partial charge in [-0.05, 0) is 136 Å². The highest BCUT2D eigenvalue weighted by Gasteiger charge is 2.38. The first-order valence-corrected chi connectivity index (χ1v) is 43.8. The molecule has 1 aliphatic heterocycles. The fraction of sp³-hybridized carbons (Fsp3) is 0.0517. The van der Waals surface area contributed by atoms with E-state index < -0.39 is 11.6 Å². The number of aryl methyl sites for hydroxylation is 2. The number of hydrogen-bond donors (Lipinski definition) is 0. The van der Waals surface area contributed by atoms with E-state index in [0.717, 1.165) is 183 Å². The van der Waals surface area contributed by atoms with Crippen LogP contribution in [0.25, 0.3) is 220 Å². The summed E-state index contributed by atoms with van der Waals surface area (Å²) in [5.74, 6) is -1.65. The average molecular weight is 1660 g/mol. The summed E-state index contributed by atoms with van der Waals surface area (Å²) in [6.07, 6.45) is 2.56. The molecular weight excluding hydrogens is 1590 g/mol. The summed E-state index contributed by atoms with van der Waals surface area (Å²) in [6, 6.07) is 135. The van der Waals surface area contributed by atoms with Gasteiger partial charge in [-0.2, -0.15) is 10.5 Å². The van der Waals surface area contributed by atoms with Crippen molar-refractivity contribution >= 4 is 174 Å². The van der Waals surface area contributed by atoms with E-state index in [0.29, 0.717) is 38.7 Å². The van der Waals surface area contributed by atoms with Crippen molar-refractivity contribution in [2.24, 2.45) is 0 Å². The quantitative estimate of drug-likeness (QED) is 0.152. The highest BCUT2D eigenvalue weighted by molar-refractivity contribution is 6.20. The lowest BCUT2D eigenvalue weighted by Crippen LogP contribution is -2.18. The molecule has 1 saturated heterocycles. The summed E-state index contributed by atoms with van der Waals surface area (Å²) >= 11 is 0. The normalized spacial score (nSPS) is 12.5. The molecule has 0 radical (unpaired) electrons. The summed E-state index contributed by atoms with van der Waals surface area (Å²) in [5.41, 5.74) is 21.3. The van der Waals surface area contributed by atoms with Gasteiger partial charge in [0, 0.05) is 99.4 Å². The second-order valence-corrected chi connectivity index (χ2v) is 33.7. The maximum absolute atomic E-state index is 18.0. The van der Waals surface area contributed by atoms with Crippen LogP contribution < -0.4 is 0 Å². The predicted molar refractivity (Wildman–Crippen MR) is 526 cm³/mol. The van der Waals surface area contributed by atoms with Gasteiger partial charge < -0.3 is 41.3 Å². The summed E-state index contributed by atoms with van der Waals surface area (Å²) < 4.78 is 58.5. The van der Waals surface area contributed by atoms with Gasteiger partial charge in [0.25, 0.3) is 0 Å². The first-order chi connectivity index (χ1) is 63.7. The fourth-order valence-corrected chi connectivity index (χ4v) is 21.4. The van der Waals surface area contributed by atoms with Crippen molar-refractivity contribution in [3.8, 4) is 57.6 Å². The van der Waals surface area contributed by atoms with E-state index in [1.807, 2.05) is 146 Å². The first-order valence-electron chi connectivity index (χ1n) is 43.8. The van der Waals surface area contributed by atoms with Gasteiger partial charge in [-0.1, -0.05) is 278 Å². The van der Waals surface area contributed by atoms with E-state index >= 15 is 8.78 Å². The number of para-hydroxylation sites is 14. The van der Waals surface area contributed by atoms with Crippen LogP contribution in [0, 0.1) is 48.1 Å². The predicted octanol–water partition coefficient (Wildman–Crippen LogP) is 29.6.